The number of ether oxygens (including phenoxy) is 6. The zero-order valence-electron chi connectivity index (χ0n) is 42.2. The Hall–Kier alpha value is -6.54. The molecule has 0 spiro atoms. The minimum absolute atomic E-state index is 0.221. The normalized spacial score (nSPS) is 10.8. The molecule has 0 atom stereocenters. The van der Waals surface area contributed by atoms with Gasteiger partial charge in [-0.25, -0.2) is 0 Å². The van der Waals surface area contributed by atoms with Crippen molar-refractivity contribution in [3.8, 4) is 34.5 Å². The fourth-order valence-corrected chi connectivity index (χ4v) is 11.9. The summed E-state index contributed by atoms with van der Waals surface area (Å²) in [4.78, 5) is 90.6. The summed E-state index contributed by atoms with van der Waals surface area (Å²) in [5.41, 5.74) is 0. The van der Waals surface area contributed by atoms with Crippen LogP contribution < -0.4 is 28.4 Å². The van der Waals surface area contributed by atoms with E-state index in [0.717, 1.165) is 29.4 Å². The molecule has 0 aliphatic carbocycles. The fourth-order valence-electron chi connectivity index (χ4n) is 6.78. The molecule has 0 aromatic heterocycles. The lowest BCUT2D eigenvalue weighted by Gasteiger charge is -2.23. The number of thioether (sulfide) groups is 6. The molecule has 78 heavy (non-hydrogen) atoms. The van der Waals surface area contributed by atoms with Crippen molar-refractivity contribution in [2.24, 2.45) is 0 Å². The Labute approximate surface area is 479 Å². The molecule has 0 saturated carbocycles. The first-order valence-corrected chi connectivity index (χ1v) is 30.6. The first-order valence-electron chi connectivity index (χ1n) is 24.7. The quantitative estimate of drug-likeness (QED) is 0.0238. The molecule has 0 heterocycles. The number of carbonyl (C=O) groups is 6. The van der Waals surface area contributed by atoms with Gasteiger partial charge in [-0.1, -0.05) is 109 Å². The van der Waals surface area contributed by atoms with E-state index >= 15 is 0 Å². The van der Waals surface area contributed by atoms with Crippen molar-refractivity contribution >= 4 is 106 Å². The minimum Gasteiger partial charge on any atom is -0.418 e. The third-order valence-electron chi connectivity index (χ3n) is 10.4. The molecule has 0 aliphatic rings. The van der Waals surface area contributed by atoms with Crippen LogP contribution in [-0.4, -0.2) is 70.3 Å². The van der Waals surface area contributed by atoms with Gasteiger partial charge in [0.15, 0.2) is 0 Å². The van der Waals surface area contributed by atoms with Crippen LogP contribution in [0.4, 0.5) is 0 Å². The standard InChI is InChI=1S/C60H54O12S6/c61-49(31-37-73-43-19-7-1-8-20-43)67-55-56(68-50(62)32-38-74-44-21-9-2-10-22-44)58(70-52(64)34-40-76-46-25-13-4-14-26-46)60(72-54(66)36-42-78-48-29-17-6-18-30-48)59(71-53(65)35-41-77-47-27-15-5-16-28-47)57(55)69-51(63)33-39-75-45-23-11-3-12-24-45/h1-30H,31-42H2. The molecule has 0 radical (unpaired) electrons. The van der Waals surface area contributed by atoms with Gasteiger partial charge in [-0.2, -0.15) is 0 Å². The molecule has 7 aromatic carbocycles. The molecule has 7 aromatic rings. The lowest BCUT2D eigenvalue weighted by molar-refractivity contribution is -0.140. The van der Waals surface area contributed by atoms with E-state index in [1.807, 2.05) is 182 Å². The van der Waals surface area contributed by atoms with Crippen LogP contribution in [0, 0.1) is 0 Å². The van der Waals surface area contributed by atoms with Crippen LogP contribution >= 0.6 is 70.6 Å². The van der Waals surface area contributed by atoms with Gasteiger partial charge in [-0.15, -0.1) is 70.6 Å². The Bertz CT molecular complexity index is 2480. The Balaban J connectivity index is 1.33. The van der Waals surface area contributed by atoms with Gasteiger partial charge < -0.3 is 28.4 Å². The van der Waals surface area contributed by atoms with Crippen molar-refractivity contribution in [1.82, 2.24) is 0 Å². The van der Waals surface area contributed by atoms with E-state index in [2.05, 4.69) is 0 Å². The Morgan fingerprint density at radius 2 is 0.346 bits per heavy atom. The summed E-state index contributed by atoms with van der Waals surface area (Å²) >= 11 is 8.25. The zero-order valence-corrected chi connectivity index (χ0v) is 47.1. The number of carbonyl (C=O) groups excluding carboxylic acids is 6. The molecule has 0 fully saturated rings. The SMILES string of the molecule is O=C(CCSc1ccccc1)Oc1c(OC(=O)CCSc2ccccc2)c(OC(=O)CCSc2ccccc2)c(OC(=O)CCSc2ccccc2)c(OC(=O)CCSc2ccccc2)c1OC(=O)CCSc1ccccc1. The molecule has 0 amide bonds. The Morgan fingerprint density at radius 1 is 0.218 bits per heavy atom. The molecule has 7 rings (SSSR count). The molecule has 0 unspecified atom stereocenters. The second-order valence-electron chi connectivity index (χ2n) is 16.3. The van der Waals surface area contributed by atoms with Crippen molar-refractivity contribution in [3.63, 3.8) is 0 Å². The maximum Gasteiger partial charge on any atom is 0.312 e. The second kappa shape index (κ2) is 33.0. The first-order chi connectivity index (χ1) is 38.2. The molecule has 18 heteroatoms. The second-order valence-corrected chi connectivity index (χ2v) is 23.3. The van der Waals surface area contributed by atoms with Crippen molar-refractivity contribution in [3.05, 3.63) is 182 Å². The van der Waals surface area contributed by atoms with Crippen LogP contribution in [0.5, 0.6) is 34.5 Å². The predicted molar refractivity (Wildman–Crippen MR) is 311 cm³/mol. The van der Waals surface area contributed by atoms with Gasteiger partial charge in [0.25, 0.3) is 0 Å². The smallest absolute Gasteiger partial charge is 0.312 e. The van der Waals surface area contributed by atoms with Gasteiger partial charge in [0.05, 0.1) is 38.5 Å². The highest BCUT2D eigenvalue weighted by Gasteiger charge is 2.38. The molecule has 0 aliphatic heterocycles. The average molecular weight is 1160 g/mol. The molecular weight excluding hydrogens is 1110 g/mol. The first kappa shape index (κ1) is 59.1. The van der Waals surface area contributed by atoms with Crippen LogP contribution in [0.15, 0.2) is 211 Å². The van der Waals surface area contributed by atoms with Crippen LogP contribution in [0.1, 0.15) is 38.5 Å². The minimum atomic E-state index is -0.886. The predicted octanol–water partition coefficient (Wildman–Crippen LogP) is 14.2. The zero-order chi connectivity index (χ0) is 54.6. The fraction of sp³-hybridized carbons (Fsp3) is 0.200. The topological polar surface area (TPSA) is 158 Å². The highest BCUT2D eigenvalue weighted by Crippen LogP contribution is 2.59. The Kier molecular flexibility index (Phi) is 25.0. The van der Waals surface area contributed by atoms with E-state index in [0.29, 0.717) is 0 Å². The largest absolute Gasteiger partial charge is 0.418 e. The van der Waals surface area contributed by atoms with Gasteiger partial charge >= 0.3 is 35.8 Å². The summed E-state index contributed by atoms with van der Waals surface area (Å²) in [5, 5.41) is 0. The van der Waals surface area contributed by atoms with Crippen molar-refractivity contribution in [1.29, 1.82) is 0 Å². The van der Waals surface area contributed by atoms with Crippen molar-refractivity contribution < 1.29 is 57.2 Å². The summed E-state index contributed by atoms with van der Waals surface area (Å²) in [6.45, 7) is 0. The lowest BCUT2D eigenvalue weighted by atomic mass is 10.2. The summed E-state index contributed by atoms with van der Waals surface area (Å²) in [7, 11) is 0. The third-order valence-corrected chi connectivity index (χ3v) is 16.5. The monoisotopic (exact) mass is 1160 g/mol. The van der Waals surface area contributed by atoms with E-state index in [4.69, 9.17) is 28.4 Å². The lowest BCUT2D eigenvalue weighted by Crippen LogP contribution is -2.21. The number of benzene rings is 7. The number of esters is 6. The molecule has 12 nitrogen and oxygen atoms in total. The van der Waals surface area contributed by atoms with E-state index < -0.39 is 70.3 Å². The highest BCUT2D eigenvalue weighted by molar-refractivity contribution is 8.00. The summed E-state index contributed by atoms with van der Waals surface area (Å²) in [5.74, 6) is -8.32. The number of rotatable bonds is 30. The molecule has 402 valence electrons. The summed E-state index contributed by atoms with van der Waals surface area (Å²) < 4.78 is 36.7. The maximum atomic E-state index is 14.2. The highest BCUT2D eigenvalue weighted by atomic mass is 32.2. The molecule has 0 N–H and O–H groups in total. The number of hydrogen-bond donors (Lipinski definition) is 0. The average Bonchev–Trinajstić information content (AvgIpc) is 3.51. The summed E-state index contributed by atoms with van der Waals surface area (Å²) in [6, 6.07) is 56.2. The molecule has 0 bridgehead atoms. The third kappa shape index (κ3) is 20.7. The van der Waals surface area contributed by atoms with Gasteiger partial charge in [-0.3, -0.25) is 28.8 Å². The van der Waals surface area contributed by atoms with Crippen LogP contribution in [0.2, 0.25) is 0 Å². The van der Waals surface area contributed by atoms with Crippen LogP contribution in [-0.2, 0) is 28.8 Å². The molecule has 0 saturated heterocycles. The van der Waals surface area contributed by atoms with Gasteiger partial charge in [0.2, 0.25) is 34.5 Å². The molecular formula is C60H54O12S6. The Morgan fingerprint density at radius 3 is 0.474 bits per heavy atom. The van der Waals surface area contributed by atoms with E-state index in [-0.39, 0.29) is 73.0 Å². The van der Waals surface area contributed by atoms with E-state index in [1.165, 1.54) is 70.6 Å². The van der Waals surface area contributed by atoms with Gasteiger partial charge in [0, 0.05) is 63.9 Å². The number of hydrogen-bond acceptors (Lipinski definition) is 18. The van der Waals surface area contributed by atoms with Crippen molar-refractivity contribution in [2.45, 2.75) is 67.9 Å². The van der Waals surface area contributed by atoms with Crippen LogP contribution in [0.3, 0.4) is 0 Å². The summed E-state index contributed by atoms with van der Waals surface area (Å²) in [6.07, 6.45) is -1.36. The van der Waals surface area contributed by atoms with E-state index in [1.54, 1.807) is 0 Å². The maximum absolute atomic E-state index is 14.2. The van der Waals surface area contributed by atoms with Gasteiger partial charge in [-0.05, 0) is 72.8 Å². The van der Waals surface area contributed by atoms with Gasteiger partial charge in [0.1, 0.15) is 0 Å². The van der Waals surface area contributed by atoms with Crippen LogP contribution in [0.25, 0.3) is 0 Å². The van der Waals surface area contributed by atoms with E-state index in [9.17, 15) is 28.8 Å². The van der Waals surface area contributed by atoms with Crippen molar-refractivity contribution in [2.75, 3.05) is 34.5 Å².